The van der Waals surface area contributed by atoms with Crippen LogP contribution in [0.15, 0.2) is 231 Å². The van der Waals surface area contributed by atoms with E-state index in [1.807, 2.05) is 73.1 Å². The smallest absolute Gasteiger partial charge is 0.164 e. The number of pyridine rings is 1. The minimum atomic E-state index is 0.585. The lowest BCUT2D eigenvalue weighted by atomic mass is 9.99. The molecule has 0 aliphatic heterocycles. The molecule has 0 saturated carbocycles. The van der Waals surface area contributed by atoms with Gasteiger partial charge in [0.05, 0.1) is 39.6 Å². The first-order valence-electron chi connectivity index (χ1n) is 23.7. The number of fused-ring (bicyclic) bond motifs is 6. The molecule has 4 heterocycles. The van der Waals surface area contributed by atoms with Gasteiger partial charge in [0, 0.05) is 55.6 Å². The van der Waals surface area contributed by atoms with Crippen molar-refractivity contribution < 1.29 is 0 Å². The highest BCUT2D eigenvalue weighted by atomic mass is 15.0. The van der Waals surface area contributed by atoms with Crippen molar-refractivity contribution in [2.45, 2.75) is 13.8 Å². The fraction of sp³-hybridized carbons (Fsp3) is 0.0312. The standard InChI is InChI=1S/C64H44N6/c1-41-21-25-43(26-22-41)47-29-32-58-53(37-47)50-17-9-11-19-56(50)69(58)59-34-31-49(64-67-62(45-13-5-3-6-14-45)66-63(68-64)46-15-7-4-8-16-46)39-55(59)52-35-36-65-40-61(52)70-57-20-12-10-18-51(57)54-38-48(30-33-60(54)70)44-27-23-42(2)24-28-44/h3-40H,1-2H3. The lowest BCUT2D eigenvalue weighted by molar-refractivity contribution is 1.07. The van der Waals surface area contributed by atoms with Gasteiger partial charge in [-0.1, -0.05) is 169 Å². The van der Waals surface area contributed by atoms with Gasteiger partial charge in [0.15, 0.2) is 17.5 Å². The van der Waals surface area contributed by atoms with Crippen LogP contribution in [0, 0.1) is 13.8 Å². The molecule has 0 aliphatic rings. The van der Waals surface area contributed by atoms with Gasteiger partial charge >= 0.3 is 0 Å². The second-order valence-electron chi connectivity index (χ2n) is 18.1. The summed E-state index contributed by atoms with van der Waals surface area (Å²) < 4.78 is 4.80. The molecule has 4 aromatic heterocycles. The van der Waals surface area contributed by atoms with Gasteiger partial charge in [-0.2, -0.15) is 0 Å². The van der Waals surface area contributed by atoms with Crippen molar-refractivity contribution >= 4 is 43.6 Å². The maximum Gasteiger partial charge on any atom is 0.164 e. The molecule has 9 aromatic carbocycles. The Kier molecular flexibility index (Phi) is 9.84. The van der Waals surface area contributed by atoms with Gasteiger partial charge in [-0.15, -0.1) is 0 Å². The van der Waals surface area contributed by atoms with E-state index in [1.165, 1.54) is 54.9 Å². The molecule has 0 N–H and O–H groups in total. The molecule has 0 unspecified atom stereocenters. The van der Waals surface area contributed by atoms with E-state index in [9.17, 15) is 0 Å². The highest BCUT2D eigenvalue weighted by molar-refractivity contribution is 6.13. The van der Waals surface area contributed by atoms with Crippen molar-refractivity contribution in [3.63, 3.8) is 0 Å². The van der Waals surface area contributed by atoms with Crippen molar-refractivity contribution in [2.75, 3.05) is 0 Å². The molecule has 0 radical (unpaired) electrons. The topological polar surface area (TPSA) is 61.4 Å². The summed E-state index contributed by atoms with van der Waals surface area (Å²) in [6.45, 7) is 4.26. The van der Waals surface area contributed by atoms with Gasteiger partial charge in [0.25, 0.3) is 0 Å². The predicted molar refractivity (Wildman–Crippen MR) is 288 cm³/mol. The molecule has 0 saturated heterocycles. The molecule has 0 spiro atoms. The quantitative estimate of drug-likeness (QED) is 0.152. The Bertz CT molecular complexity index is 4060. The third-order valence-electron chi connectivity index (χ3n) is 13.6. The van der Waals surface area contributed by atoms with E-state index in [4.69, 9.17) is 19.9 Å². The van der Waals surface area contributed by atoms with E-state index in [2.05, 4.69) is 181 Å². The van der Waals surface area contributed by atoms with E-state index < -0.39 is 0 Å². The van der Waals surface area contributed by atoms with Gasteiger partial charge in [-0.25, -0.2) is 15.0 Å². The minimum Gasteiger partial charge on any atom is -0.309 e. The van der Waals surface area contributed by atoms with Crippen molar-refractivity contribution in [3.8, 4) is 78.9 Å². The number of benzene rings is 9. The van der Waals surface area contributed by atoms with Gasteiger partial charge in [0.1, 0.15) is 0 Å². The SMILES string of the molecule is Cc1ccc(-c2ccc3c(c2)c2ccccc2n3-c2ccc(-c3nc(-c4ccccc4)nc(-c4ccccc4)n3)cc2-c2ccncc2-n2c3ccccc3c3cc(-c4ccc(C)cc4)ccc32)cc1. The third kappa shape index (κ3) is 7.04. The Balaban J connectivity index is 1.08. The zero-order valence-electron chi connectivity index (χ0n) is 38.6. The second-order valence-corrected chi connectivity index (χ2v) is 18.1. The van der Waals surface area contributed by atoms with Crippen LogP contribution in [0.3, 0.4) is 0 Å². The third-order valence-corrected chi connectivity index (χ3v) is 13.6. The molecule has 0 fully saturated rings. The van der Waals surface area contributed by atoms with E-state index >= 15 is 0 Å². The number of hydrogen-bond acceptors (Lipinski definition) is 4. The Labute approximate surface area is 405 Å². The number of nitrogens with zero attached hydrogens (tertiary/aromatic N) is 6. The number of aryl methyl sites for hydroxylation is 2. The first kappa shape index (κ1) is 41.0. The number of para-hydroxylation sites is 2. The zero-order chi connectivity index (χ0) is 46.7. The van der Waals surface area contributed by atoms with Crippen LogP contribution < -0.4 is 0 Å². The highest BCUT2D eigenvalue weighted by Gasteiger charge is 2.23. The molecule has 13 rings (SSSR count). The summed E-state index contributed by atoms with van der Waals surface area (Å²) in [4.78, 5) is 20.3. The van der Waals surface area contributed by atoms with Gasteiger partial charge in [-0.3, -0.25) is 4.98 Å². The average molecular weight is 897 g/mol. The number of rotatable bonds is 8. The largest absolute Gasteiger partial charge is 0.309 e. The van der Waals surface area contributed by atoms with Gasteiger partial charge in [-0.05, 0) is 96.8 Å². The molecular weight excluding hydrogens is 853 g/mol. The monoisotopic (exact) mass is 896 g/mol. The molecule has 13 aromatic rings. The second kappa shape index (κ2) is 16.8. The zero-order valence-corrected chi connectivity index (χ0v) is 38.6. The molecule has 330 valence electrons. The highest BCUT2D eigenvalue weighted by Crippen LogP contribution is 2.43. The number of hydrogen-bond donors (Lipinski definition) is 0. The van der Waals surface area contributed by atoms with Crippen LogP contribution in [0.2, 0.25) is 0 Å². The Morgan fingerprint density at radius 1 is 0.300 bits per heavy atom. The summed E-state index contributed by atoms with van der Waals surface area (Å²) in [6.07, 6.45) is 3.91. The molecule has 6 nitrogen and oxygen atoms in total. The minimum absolute atomic E-state index is 0.585. The lowest BCUT2D eigenvalue weighted by Crippen LogP contribution is -2.04. The molecular formula is C64H44N6. The Morgan fingerprint density at radius 3 is 1.26 bits per heavy atom. The maximum atomic E-state index is 5.22. The van der Waals surface area contributed by atoms with Crippen molar-refractivity contribution in [1.29, 1.82) is 0 Å². The summed E-state index contributed by atoms with van der Waals surface area (Å²) in [5.74, 6) is 1.81. The van der Waals surface area contributed by atoms with Crippen LogP contribution in [-0.2, 0) is 0 Å². The Hall–Kier alpha value is -9.26. The van der Waals surface area contributed by atoms with E-state index in [0.29, 0.717) is 17.5 Å². The maximum absolute atomic E-state index is 5.22. The van der Waals surface area contributed by atoms with Crippen molar-refractivity contribution in [3.05, 3.63) is 242 Å². The van der Waals surface area contributed by atoms with E-state index in [-0.39, 0.29) is 0 Å². The number of aromatic nitrogens is 6. The average Bonchev–Trinajstić information content (AvgIpc) is 3.93. The van der Waals surface area contributed by atoms with Gasteiger partial charge in [0.2, 0.25) is 0 Å². The molecule has 0 aliphatic carbocycles. The van der Waals surface area contributed by atoms with Crippen LogP contribution in [0.1, 0.15) is 11.1 Å². The normalized spacial score (nSPS) is 11.6. The molecule has 0 amide bonds. The van der Waals surface area contributed by atoms with Crippen LogP contribution in [0.25, 0.3) is 123 Å². The summed E-state index contributed by atoms with van der Waals surface area (Å²) in [7, 11) is 0. The first-order chi connectivity index (χ1) is 34.5. The van der Waals surface area contributed by atoms with Crippen LogP contribution >= 0.6 is 0 Å². The van der Waals surface area contributed by atoms with Crippen molar-refractivity contribution in [2.24, 2.45) is 0 Å². The molecule has 6 heteroatoms. The summed E-state index contributed by atoms with van der Waals surface area (Å²) in [5, 5.41) is 4.72. The summed E-state index contributed by atoms with van der Waals surface area (Å²) >= 11 is 0. The summed E-state index contributed by atoms with van der Waals surface area (Å²) in [5.41, 5.74) is 18.3. The van der Waals surface area contributed by atoms with Crippen LogP contribution in [-0.4, -0.2) is 29.1 Å². The predicted octanol–water partition coefficient (Wildman–Crippen LogP) is 16.1. The first-order valence-corrected chi connectivity index (χ1v) is 23.7. The Morgan fingerprint density at radius 2 is 0.729 bits per heavy atom. The fourth-order valence-electron chi connectivity index (χ4n) is 10.1. The van der Waals surface area contributed by atoms with E-state index in [0.717, 1.165) is 61.3 Å². The molecule has 0 bridgehead atoms. The van der Waals surface area contributed by atoms with E-state index in [1.54, 1.807) is 0 Å². The lowest BCUT2D eigenvalue weighted by Gasteiger charge is -2.19. The van der Waals surface area contributed by atoms with Crippen LogP contribution in [0.5, 0.6) is 0 Å². The molecule has 70 heavy (non-hydrogen) atoms. The molecule has 0 atom stereocenters. The van der Waals surface area contributed by atoms with Crippen LogP contribution in [0.4, 0.5) is 0 Å². The fourth-order valence-corrected chi connectivity index (χ4v) is 10.1. The summed E-state index contributed by atoms with van der Waals surface area (Å²) in [6, 6.07) is 77.8. The van der Waals surface area contributed by atoms with Crippen molar-refractivity contribution in [1.82, 2.24) is 29.1 Å². The van der Waals surface area contributed by atoms with Gasteiger partial charge < -0.3 is 9.13 Å².